The molecular weight excluding hydrogens is 310 g/mol. The van der Waals surface area contributed by atoms with Crippen molar-refractivity contribution >= 4 is 5.65 Å². The maximum Gasteiger partial charge on any atom is 0.140 e. The molecule has 3 aromatic rings. The van der Waals surface area contributed by atoms with Crippen LogP contribution in [-0.2, 0) is 19.5 Å². The van der Waals surface area contributed by atoms with Gasteiger partial charge in [-0.25, -0.2) is 15.0 Å². The van der Waals surface area contributed by atoms with Crippen molar-refractivity contribution in [3.05, 3.63) is 58.6 Å². The fourth-order valence-corrected chi connectivity index (χ4v) is 3.57. The second-order valence-electron chi connectivity index (χ2n) is 7.34. The van der Waals surface area contributed by atoms with Gasteiger partial charge in [0, 0.05) is 55.6 Å². The Hall–Kier alpha value is -2.27. The Bertz CT molecular complexity index is 925. The number of aromatic nitrogens is 4. The van der Waals surface area contributed by atoms with E-state index in [0.29, 0.717) is 5.92 Å². The van der Waals surface area contributed by atoms with E-state index in [-0.39, 0.29) is 0 Å². The molecule has 0 aromatic carbocycles. The van der Waals surface area contributed by atoms with Crippen molar-refractivity contribution in [2.24, 2.45) is 0 Å². The van der Waals surface area contributed by atoms with Crippen molar-refractivity contribution in [2.45, 2.75) is 53.1 Å². The van der Waals surface area contributed by atoms with Crippen LogP contribution >= 0.6 is 0 Å². The minimum Gasteiger partial charge on any atom is -0.302 e. The normalized spacial score (nSPS) is 15.1. The number of rotatable bonds is 3. The zero-order chi connectivity index (χ0) is 17.6. The van der Waals surface area contributed by atoms with E-state index in [2.05, 4.69) is 60.3 Å². The van der Waals surface area contributed by atoms with Gasteiger partial charge in [-0.05, 0) is 25.5 Å². The first-order valence-electron chi connectivity index (χ1n) is 9.03. The molecule has 4 heterocycles. The van der Waals surface area contributed by atoms with Gasteiger partial charge in [0.05, 0.1) is 11.4 Å². The number of pyridine rings is 1. The predicted octanol–water partition coefficient (Wildman–Crippen LogP) is 3.42. The van der Waals surface area contributed by atoms with E-state index in [1.165, 1.54) is 22.5 Å². The minimum atomic E-state index is 0.382. The van der Waals surface area contributed by atoms with Gasteiger partial charge in [-0.2, -0.15) is 0 Å². The van der Waals surface area contributed by atoms with Crippen LogP contribution in [0.5, 0.6) is 0 Å². The molecule has 0 atom stereocenters. The second-order valence-corrected chi connectivity index (χ2v) is 7.34. The highest BCUT2D eigenvalue weighted by Gasteiger charge is 2.21. The Kier molecular flexibility index (Phi) is 4.04. The number of nitrogens with zero attached hydrogens (tertiary/aromatic N) is 5. The maximum absolute atomic E-state index is 4.77. The number of aryl methyl sites for hydroxylation is 2. The van der Waals surface area contributed by atoms with Crippen molar-refractivity contribution in [1.82, 2.24) is 24.3 Å². The summed E-state index contributed by atoms with van der Waals surface area (Å²) in [5.74, 6) is 1.34. The molecule has 0 fully saturated rings. The third-order valence-electron chi connectivity index (χ3n) is 5.07. The summed E-state index contributed by atoms with van der Waals surface area (Å²) in [6.45, 7) is 11.4. The summed E-state index contributed by atoms with van der Waals surface area (Å²) in [4.78, 5) is 16.6. The van der Waals surface area contributed by atoms with Gasteiger partial charge in [-0.3, -0.25) is 4.90 Å². The average Bonchev–Trinajstić information content (AvgIpc) is 2.92. The van der Waals surface area contributed by atoms with Crippen LogP contribution in [0.1, 0.15) is 53.8 Å². The van der Waals surface area contributed by atoms with Crippen LogP contribution in [0.25, 0.3) is 5.65 Å². The molecular formula is C20H25N5. The number of imidazole rings is 1. The quantitative estimate of drug-likeness (QED) is 0.736. The summed E-state index contributed by atoms with van der Waals surface area (Å²) in [5.41, 5.74) is 7.17. The van der Waals surface area contributed by atoms with Crippen LogP contribution in [0.4, 0.5) is 0 Å². The molecule has 0 N–H and O–H groups in total. The van der Waals surface area contributed by atoms with Gasteiger partial charge in [-0.15, -0.1) is 0 Å². The van der Waals surface area contributed by atoms with Crippen molar-refractivity contribution in [1.29, 1.82) is 0 Å². The van der Waals surface area contributed by atoms with Crippen molar-refractivity contribution in [3.8, 4) is 0 Å². The van der Waals surface area contributed by atoms with E-state index in [1.807, 2.05) is 6.20 Å². The third-order valence-corrected chi connectivity index (χ3v) is 5.07. The molecule has 0 unspecified atom stereocenters. The van der Waals surface area contributed by atoms with E-state index >= 15 is 0 Å². The molecule has 0 saturated heterocycles. The molecule has 0 saturated carbocycles. The SMILES string of the molecule is Cc1nc2c(C)cccn2c1CN1CCc2nc(C(C)C)ncc2C1. The summed E-state index contributed by atoms with van der Waals surface area (Å²) in [6.07, 6.45) is 5.13. The first-order chi connectivity index (χ1) is 12.0. The smallest absolute Gasteiger partial charge is 0.140 e. The molecule has 4 rings (SSSR count). The summed E-state index contributed by atoms with van der Waals surface area (Å²) < 4.78 is 2.23. The summed E-state index contributed by atoms with van der Waals surface area (Å²) in [6, 6.07) is 4.21. The highest BCUT2D eigenvalue weighted by molar-refractivity contribution is 5.50. The van der Waals surface area contributed by atoms with Gasteiger partial charge in [-0.1, -0.05) is 19.9 Å². The van der Waals surface area contributed by atoms with E-state index in [9.17, 15) is 0 Å². The number of hydrogen-bond donors (Lipinski definition) is 0. The summed E-state index contributed by atoms with van der Waals surface area (Å²) in [5, 5.41) is 0. The monoisotopic (exact) mass is 335 g/mol. The molecule has 5 nitrogen and oxygen atoms in total. The molecule has 3 aromatic heterocycles. The molecule has 25 heavy (non-hydrogen) atoms. The van der Waals surface area contributed by atoms with E-state index in [1.54, 1.807) is 0 Å². The minimum absolute atomic E-state index is 0.382. The average molecular weight is 335 g/mol. The standard InChI is InChI=1S/C20H25N5/c1-13(2)19-21-10-16-11-24(9-7-17(16)23-19)12-18-15(4)22-20-14(3)6-5-8-25(18)20/h5-6,8,10,13H,7,9,11-12H2,1-4H3. The Morgan fingerprint density at radius 1 is 1.20 bits per heavy atom. The molecule has 0 spiro atoms. The Labute approximate surface area is 148 Å². The first-order valence-corrected chi connectivity index (χ1v) is 9.03. The lowest BCUT2D eigenvalue weighted by molar-refractivity contribution is 0.238. The van der Waals surface area contributed by atoms with Crippen molar-refractivity contribution in [2.75, 3.05) is 6.54 Å². The summed E-state index contributed by atoms with van der Waals surface area (Å²) >= 11 is 0. The Morgan fingerprint density at radius 2 is 2.04 bits per heavy atom. The van der Waals surface area contributed by atoms with Crippen LogP contribution in [0.3, 0.4) is 0 Å². The lowest BCUT2D eigenvalue weighted by Gasteiger charge is -2.28. The highest BCUT2D eigenvalue weighted by Crippen LogP contribution is 2.22. The van der Waals surface area contributed by atoms with Crippen LogP contribution < -0.4 is 0 Å². The lowest BCUT2D eigenvalue weighted by Crippen LogP contribution is -2.31. The van der Waals surface area contributed by atoms with Gasteiger partial charge in [0.25, 0.3) is 0 Å². The van der Waals surface area contributed by atoms with E-state index in [4.69, 9.17) is 9.97 Å². The molecule has 130 valence electrons. The van der Waals surface area contributed by atoms with Crippen molar-refractivity contribution in [3.63, 3.8) is 0 Å². The van der Waals surface area contributed by atoms with Gasteiger partial charge < -0.3 is 4.40 Å². The largest absolute Gasteiger partial charge is 0.302 e. The fraction of sp³-hybridized carbons (Fsp3) is 0.450. The van der Waals surface area contributed by atoms with Gasteiger partial charge >= 0.3 is 0 Å². The molecule has 0 bridgehead atoms. The molecule has 0 aliphatic carbocycles. The molecule has 0 radical (unpaired) electrons. The maximum atomic E-state index is 4.77. The summed E-state index contributed by atoms with van der Waals surface area (Å²) in [7, 11) is 0. The lowest BCUT2D eigenvalue weighted by atomic mass is 10.1. The molecule has 1 aliphatic heterocycles. The highest BCUT2D eigenvalue weighted by atomic mass is 15.2. The van der Waals surface area contributed by atoms with Gasteiger partial charge in [0.1, 0.15) is 11.5 Å². The Balaban J connectivity index is 1.59. The Morgan fingerprint density at radius 3 is 2.84 bits per heavy atom. The van der Waals surface area contributed by atoms with Crippen LogP contribution in [0.2, 0.25) is 0 Å². The predicted molar refractivity (Wildman–Crippen MR) is 98.6 cm³/mol. The van der Waals surface area contributed by atoms with Gasteiger partial charge in [0.2, 0.25) is 0 Å². The number of fused-ring (bicyclic) bond motifs is 2. The van der Waals surface area contributed by atoms with Crippen LogP contribution in [-0.4, -0.2) is 30.8 Å². The van der Waals surface area contributed by atoms with E-state index < -0.39 is 0 Å². The zero-order valence-electron chi connectivity index (χ0n) is 15.5. The van der Waals surface area contributed by atoms with Gasteiger partial charge in [0.15, 0.2) is 0 Å². The fourth-order valence-electron chi connectivity index (χ4n) is 3.57. The topological polar surface area (TPSA) is 46.3 Å². The molecule has 1 aliphatic rings. The third kappa shape index (κ3) is 2.93. The van der Waals surface area contributed by atoms with Crippen LogP contribution in [0.15, 0.2) is 24.5 Å². The zero-order valence-corrected chi connectivity index (χ0v) is 15.5. The molecule has 0 amide bonds. The van der Waals surface area contributed by atoms with E-state index in [0.717, 1.165) is 43.2 Å². The second kappa shape index (κ2) is 6.23. The molecule has 5 heteroatoms. The van der Waals surface area contributed by atoms with Crippen LogP contribution in [0, 0.1) is 13.8 Å². The first kappa shape index (κ1) is 16.2. The number of hydrogen-bond acceptors (Lipinski definition) is 4. The van der Waals surface area contributed by atoms with Crippen molar-refractivity contribution < 1.29 is 0 Å².